The maximum atomic E-state index is 12.8. The molecule has 0 amide bonds. The fourth-order valence-electron chi connectivity index (χ4n) is 1.75. The van der Waals surface area contributed by atoms with Crippen LogP contribution in [-0.4, -0.2) is 0 Å². The van der Waals surface area contributed by atoms with E-state index in [1.54, 1.807) is 30.3 Å². The van der Waals surface area contributed by atoms with E-state index in [9.17, 15) is 4.39 Å². The van der Waals surface area contributed by atoms with Crippen molar-refractivity contribution in [3.05, 3.63) is 64.4 Å². The predicted molar refractivity (Wildman–Crippen MR) is 74.8 cm³/mol. The molecule has 0 aliphatic heterocycles. The molecular weight excluding hydrogens is 265 g/mol. The van der Waals surface area contributed by atoms with Gasteiger partial charge in [0.25, 0.3) is 0 Å². The number of halogens is 2. The Morgan fingerprint density at radius 1 is 1.21 bits per heavy atom. The zero-order valence-electron chi connectivity index (χ0n) is 10.6. The van der Waals surface area contributed by atoms with Crippen LogP contribution in [0, 0.1) is 5.82 Å². The van der Waals surface area contributed by atoms with Crippen molar-refractivity contribution in [1.29, 1.82) is 0 Å². The summed E-state index contributed by atoms with van der Waals surface area (Å²) in [6.07, 6.45) is 0. The minimum Gasteiger partial charge on any atom is -0.489 e. The Morgan fingerprint density at radius 3 is 2.53 bits per heavy atom. The van der Waals surface area contributed by atoms with Crippen LogP contribution in [0.1, 0.15) is 24.1 Å². The summed E-state index contributed by atoms with van der Waals surface area (Å²) < 4.78 is 18.5. The molecule has 0 spiro atoms. The van der Waals surface area contributed by atoms with E-state index in [0.717, 1.165) is 11.1 Å². The monoisotopic (exact) mass is 279 g/mol. The summed E-state index contributed by atoms with van der Waals surface area (Å²) in [5.41, 5.74) is 7.64. The summed E-state index contributed by atoms with van der Waals surface area (Å²) in [4.78, 5) is 0. The maximum Gasteiger partial charge on any atom is 0.124 e. The standard InChI is InChI=1S/C15H15ClFNO/c1-10(18)14-8-12(16)4-7-15(14)19-9-11-2-5-13(17)6-3-11/h2-8,10H,9,18H2,1H3. The van der Waals surface area contributed by atoms with Crippen LogP contribution in [0.2, 0.25) is 5.02 Å². The Kier molecular flexibility index (Phi) is 4.40. The summed E-state index contributed by atoms with van der Waals surface area (Å²) in [6, 6.07) is 11.4. The second-order valence-electron chi connectivity index (χ2n) is 4.39. The molecule has 2 rings (SSSR count). The molecule has 2 N–H and O–H groups in total. The van der Waals surface area contributed by atoms with Crippen LogP contribution in [0.15, 0.2) is 42.5 Å². The van der Waals surface area contributed by atoms with Gasteiger partial charge in [0.15, 0.2) is 0 Å². The second-order valence-corrected chi connectivity index (χ2v) is 4.82. The Morgan fingerprint density at radius 2 is 1.89 bits per heavy atom. The first-order valence-corrected chi connectivity index (χ1v) is 6.36. The molecular formula is C15H15ClFNO. The highest BCUT2D eigenvalue weighted by Gasteiger charge is 2.09. The molecule has 0 saturated heterocycles. The maximum absolute atomic E-state index is 12.8. The third-order valence-electron chi connectivity index (χ3n) is 2.77. The molecule has 0 aliphatic rings. The Bertz CT molecular complexity index is 555. The third kappa shape index (κ3) is 3.69. The van der Waals surface area contributed by atoms with Gasteiger partial charge in [-0.1, -0.05) is 23.7 Å². The minimum atomic E-state index is -0.258. The first kappa shape index (κ1) is 13.8. The molecule has 0 heterocycles. The van der Waals surface area contributed by atoms with Gasteiger partial charge in [-0.15, -0.1) is 0 Å². The van der Waals surface area contributed by atoms with Gasteiger partial charge < -0.3 is 10.5 Å². The average Bonchev–Trinajstić information content (AvgIpc) is 2.39. The van der Waals surface area contributed by atoms with Crippen LogP contribution in [-0.2, 0) is 6.61 Å². The SMILES string of the molecule is CC(N)c1cc(Cl)ccc1OCc1ccc(F)cc1. The minimum absolute atomic E-state index is 0.165. The normalized spacial score (nSPS) is 12.2. The number of hydrogen-bond donors (Lipinski definition) is 1. The fraction of sp³-hybridized carbons (Fsp3) is 0.200. The van der Waals surface area contributed by atoms with E-state index < -0.39 is 0 Å². The van der Waals surface area contributed by atoms with Crippen molar-refractivity contribution in [2.45, 2.75) is 19.6 Å². The number of hydrogen-bond acceptors (Lipinski definition) is 2. The van der Waals surface area contributed by atoms with Gasteiger partial charge in [-0.05, 0) is 42.8 Å². The lowest BCUT2D eigenvalue weighted by Gasteiger charge is -2.14. The molecule has 0 fully saturated rings. The van der Waals surface area contributed by atoms with Crippen LogP contribution in [0.25, 0.3) is 0 Å². The third-order valence-corrected chi connectivity index (χ3v) is 3.01. The molecule has 2 aromatic rings. The Hall–Kier alpha value is -1.58. The second kappa shape index (κ2) is 6.04. The van der Waals surface area contributed by atoms with Crippen LogP contribution >= 0.6 is 11.6 Å². The van der Waals surface area contributed by atoms with Gasteiger partial charge in [-0.25, -0.2) is 4.39 Å². The van der Waals surface area contributed by atoms with Crippen LogP contribution in [0.4, 0.5) is 4.39 Å². The smallest absolute Gasteiger partial charge is 0.124 e. The Labute approximate surface area is 117 Å². The highest BCUT2D eigenvalue weighted by atomic mass is 35.5. The summed E-state index contributed by atoms with van der Waals surface area (Å²) in [7, 11) is 0. The lowest BCUT2D eigenvalue weighted by Crippen LogP contribution is -2.08. The van der Waals surface area contributed by atoms with Gasteiger partial charge in [-0.2, -0.15) is 0 Å². The quantitative estimate of drug-likeness (QED) is 0.915. The van der Waals surface area contributed by atoms with Gasteiger partial charge in [0, 0.05) is 16.6 Å². The Balaban J connectivity index is 2.13. The molecule has 1 atom stereocenters. The van der Waals surface area contributed by atoms with Crippen molar-refractivity contribution in [3.8, 4) is 5.75 Å². The summed E-state index contributed by atoms with van der Waals surface area (Å²) in [5.74, 6) is 0.440. The number of benzene rings is 2. The van der Waals surface area contributed by atoms with Crippen molar-refractivity contribution >= 4 is 11.6 Å². The van der Waals surface area contributed by atoms with E-state index in [0.29, 0.717) is 17.4 Å². The van der Waals surface area contributed by atoms with Crippen molar-refractivity contribution in [3.63, 3.8) is 0 Å². The summed E-state index contributed by atoms with van der Waals surface area (Å²) >= 11 is 5.94. The largest absolute Gasteiger partial charge is 0.489 e. The van der Waals surface area contributed by atoms with Crippen LogP contribution < -0.4 is 10.5 Å². The molecule has 0 aromatic heterocycles. The van der Waals surface area contributed by atoms with Gasteiger partial charge in [0.2, 0.25) is 0 Å². The van der Waals surface area contributed by atoms with Gasteiger partial charge in [0.05, 0.1) is 0 Å². The zero-order chi connectivity index (χ0) is 13.8. The molecule has 4 heteroatoms. The molecule has 19 heavy (non-hydrogen) atoms. The van der Waals surface area contributed by atoms with Gasteiger partial charge in [-0.3, -0.25) is 0 Å². The summed E-state index contributed by atoms with van der Waals surface area (Å²) in [6.45, 7) is 2.23. The van der Waals surface area contributed by atoms with E-state index in [-0.39, 0.29) is 11.9 Å². The first-order valence-electron chi connectivity index (χ1n) is 5.98. The average molecular weight is 280 g/mol. The molecule has 0 radical (unpaired) electrons. The highest BCUT2D eigenvalue weighted by Crippen LogP contribution is 2.27. The van der Waals surface area contributed by atoms with Crippen molar-refractivity contribution in [2.24, 2.45) is 5.73 Å². The zero-order valence-corrected chi connectivity index (χ0v) is 11.3. The fourth-order valence-corrected chi connectivity index (χ4v) is 1.93. The van der Waals surface area contributed by atoms with E-state index in [4.69, 9.17) is 22.1 Å². The van der Waals surface area contributed by atoms with Crippen LogP contribution in [0.3, 0.4) is 0 Å². The molecule has 0 saturated carbocycles. The lowest BCUT2D eigenvalue weighted by atomic mass is 10.1. The van der Waals surface area contributed by atoms with E-state index in [1.807, 2.05) is 6.92 Å². The van der Waals surface area contributed by atoms with E-state index in [2.05, 4.69) is 0 Å². The molecule has 1 unspecified atom stereocenters. The highest BCUT2D eigenvalue weighted by molar-refractivity contribution is 6.30. The lowest BCUT2D eigenvalue weighted by molar-refractivity contribution is 0.301. The summed E-state index contributed by atoms with van der Waals surface area (Å²) in [5, 5.41) is 0.626. The molecule has 2 aromatic carbocycles. The van der Waals surface area contributed by atoms with E-state index >= 15 is 0 Å². The first-order chi connectivity index (χ1) is 9.06. The van der Waals surface area contributed by atoms with Crippen molar-refractivity contribution < 1.29 is 9.13 Å². The van der Waals surface area contributed by atoms with Gasteiger partial charge >= 0.3 is 0 Å². The molecule has 0 bridgehead atoms. The van der Waals surface area contributed by atoms with Crippen LogP contribution in [0.5, 0.6) is 5.75 Å². The van der Waals surface area contributed by atoms with E-state index in [1.165, 1.54) is 12.1 Å². The topological polar surface area (TPSA) is 35.2 Å². The molecule has 100 valence electrons. The molecule has 0 aliphatic carbocycles. The van der Waals surface area contributed by atoms with Crippen molar-refractivity contribution in [2.75, 3.05) is 0 Å². The number of ether oxygens (including phenoxy) is 1. The molecule has 2 nitrogen and oxygen atoms in total. The predicted octanol–water partition coefficient (Wildman–Crippen LogP) is 4.08. The number of rotatable bonds is 4. The van der Waals surface area contributed by atoms with Gasteiger partial charge in [0.1, 0.15) is 18.2 Å². The van der Waals surface area contributed by atoms with Crippen molar-refractivity contribution in [1.82, 2.24) is 0 Å². The number of nitrogens with two attached hydrogens (primary N) is 1.